The van der Waals surface area contributed by atoms with Crippen molar-refractivity contribution in [3.05, 3.63) is 30.2 Å². The predicted molar refractivity (Wildman–Crippen MR) is 57.6 cm³/mol. The molecule has 0 amide bonds. The van der Waals surface area contributed by atoms with E-state index in [9.17, 15) is 0 Å². The molecule has 0 radical (unpaired) electrons. The average molecular weight is 202 g/mol. The molecule has 0 aromatic carbocycles. The molecule has 4 nitrogen and oxygen atoms in total. The predicted octanol–water partition coefficient (Wildman–Crippen LogP) is 1.11. The Hall–Kier alpha value is -1.42. The smallest absolute Gasteiger partial charge is 0.155 e. The van der Waals surface area contributed by atoms with Crippen LogP contribution in [0.2, 0.25) is 0 Å². The second kappa shape index (κ2) is 3.03. The molecule has 2 N–H and O–H groups in total. The van der Waals surface area contributed by atoms with Gasteiger partial charge in [-0.2, -0.15) is 5.10 Å². The number of aromatic nitrogens is 3. The molecule has 0 spiro atoms. The van der Waals surface area contributed by atoms with Crippen LogP contribution < -0.4 is 5.73 Å². The lowest BCUT2D eigenvalue weighted by Gasteiger charge is -2.39. The fraction of sp³-hybridized carbons (Fsp3) is 0.455. The number of hydrogen-bond donors (Lipinski definition) is 1. The fourth-order valence-corrected chi connectivity index (χ4v) is 2.26. The van der Waals surface area contributed by atoms with E-state index in [0.717, 1.165) is 24.2 Å². The molecule has 4 heteroatoms. The third-order valence-electron chi connectivity index (χ3n) is 3.48. The van der Waals surface area contributed by atoms with E-state index in [1.807, 2.05) is 16.8 Å². The molecule has 15 heavy (non-hydrogen) atoms. The van der Waals surface area contributed by atoms with Gasteiger partial charge in [0.25, 0.3) is 0 Å². The summed E-state index contributed by atoms with van der Waals surface area (Å²) < 4.78 is 1.82. The molecule has 2 aromatic heterocycles. The van der Waals surface area contributed by atoms with Crippen molar-refractivity contribution in [2.45, 2.75) is 24.7 Å². The summed E-state index contributed by atoms with van der Waals surface area (Å²) in [5.41, 5.74) is 8.00. The Kier molecular flexibility index (Phi) is 1.79. The van der Waals surface area contributed by atoms with Gasteiger partial charge in [-0.15, -0.1) is 0 Å². The first-order valence-corrected chi connectivity index (χ1v) is 5.35. The summed E-state index contributed by atoms with van der Waals surface area (Å²) in [5, 5.41) is 4.55. The van der Waals surface area contributed by atoms with Gasteiger partial charge in [0.2, 0.25) is 0 Å². The third kappa shape index (κ3) is 1.18. The van der Waals surface area contributed by atoms with Crippen LogP contribution in [0.1, 0.15) is 25.0 Å². The molecule has 3 rings (SSSR count). The molecule has 0 saturated heterocycles. The highest BCUT2D eigenvalue weighted by Crippen LogP contribution is 2.42. The highest BCUT2D eigenvalue weighted by molar-refractivity contribution is 5.41. The zero-order valence-corrected chi connectivity index (χ0v) is 8.56. The van der Waals surface area contributed by atoms with Crippen molar-refractivity contribution in [1.82, 2.24) is 14.6 Å². The number of rotatable bonds is 2. The molecule has 0 aliphatic heterocycles. The van der Waals surface area contributed by atoms with E-state index in [-0.39, 0.29) is 5.41 Å². The second-order valence-corrected chi connectivity index (χ2v) is 4.29. The maximum absolute atomic E-state index is 5.85. The Bertz CT molecular complexity index is 446. The van der Waals surface area contributed by atoms with Crippen LogP contribution >= 0.6 is 0 Å². The van der Waals surface area contributed by atoms with Crippen LogP contribution in [0.4, 0.5) is 0 Å². The topological polar surface area (TPSA) is 56.2 Å². The summed E-state index contributed by atoms with van der Waals surface area (Å²) in [6.07, 6.45) is 7.30. The van der Waals surface area contributed by atoms with Gasteiger partial charge >= 0.3 is 0 Å². The van der Waals surface area contributed by atoms with E-state index >= 15 is 0 Å². The van der Waals surface area contributed by atoms with Crippen LogP contribution in [-0.2, 0) is 5.41 Å². The molecule has 0 bridgehead atoms. The minimum atomic E-state index is 0.133. The second-order valence-electron chi connectivity index (χ2n) is 4.29. The summed E-state index contributed by atoms with van der Waals surface area (Å²) in [6, 6.07) is 3.95. The largest absolute Gasteiger partial charge is 0.330 e. The number of fused-ring (bicyclic) bond motifs is 1. The SMILES string of the molecule is NCC1(c2cc3ncccn3n2)CCC1. The van der Waals surface area contributed by atoms with Gasteiger partial charge in [-0.05, 0) is 18.9 Å². The maximum Gasteiger partial charge on any atom is 0.155 e. The van der Waals surface area contributed by atoms with Crippen molar-refractivity contribution < 1.29 is 0 Å². The van der Waals surface area contributed by atoms with Gasteiger partial charge in [-0.25, -0.2) is 9.50 Å². The van der Waals surface area contributed by atoms with Gasteiger partial charge in [0.1, 0.15) is 0 Å². The van der Waals surface area contributed by atoms with E-state index in [1.165, 1.54) is 6.42 Å². The zero-order valence-electron chi connectivity index (χ0n) is 8.56. The number of hydrogen-bond acceptors (Lipinski definition) is 3. The summed E-state index contributed by atoms with van der Waals surface area (Å²) in [7, 11) is 0. The number of nitrogens with zero attached hydrogens (tertiary/aromatic N) is 3. The third-order valence-corrected chi connectivity index (χ3v) is 3.48. The molecule has 0 unspecified atom stereocenters. The highest BCUT2D eigenvalue weighted by Gasteiger charge is 2.39. The Morgan fingerprint density at radius 3 is 2.93 bits per heavy atom. The molecule has 1 aliphatic carbocycles. The molecule has 2 aromatic rings. The molecular formula is C11H14N4. The molecule has 0 atom stereocenters. The summed E-state index contributed by atoms with van der Waals surface area (Å²) in [6.45, 7) is 0.691. The van der Waals surface area contributed by atoms with Crippen LogP contribution in [0.3, 0.4) is 0 Å². The van der Waals surface area contributed by atoms with Gasteiger partial charge in [-0.3, -0.25) is 0 Å². The lowest BCUT2D eigenvalue weighted by atomic mass is 9.67. The zero-order chi connectivity index (χ0) is 10.3. The van der Waals surface area contributed by atoms with E-state index in [0.29, 0.717) is 6.54 Å². The van der Waals surface area contributed by atoms with Gasteiger partial charge in [-0.1, -0.05) is 6.42 Å². The van der Waals surface area contributed by atoms with Gasteiger partial charge < -0.3 is 5.73 Å². The van der Waals surface area contributed by atoms with E-state index in [4.69, 9.17) is 5.73 Å². The van der Waals surface area contributed by atoms with Crippen molar-refractivity contribution >= 4 is 5.65 Å². The van der Waals surface area contributed by atoms with Gasteiger partial charge in [0.05, 0.1) is 5.69 Å². The van der Waals surface area contributed by atoms with Crippen LogP contribution in [0.15, 0.2) is 24.5 Å². The fourth-order valence-electron chi connectivity index (χ4n) is 2.26. The highest BCUT2D eigenvalue weighted by atomic mass is 15.2. The maximum atomic E-state index is 5.85. The lowest BCUT2D eigenvalue weighted by Crippen LogP contribution is -2.41. The number of nitrogens with two attached hydrogens (primary N) is 1. The molecule has 1 saturated carbocycles. The van der Waals surface area contributed by atoms with E-state index in [2.05, 4.69) is 16.1 Å². The minimum absolute atomic E-state index is 0.133. The monoisotopic (exact) mass is 202 g/mol. The first kappa shape index (κ1) is 8.85. The van der Waals surface area contributed by atoms with Crippen molar-refractivity contribution in [2.75, 3.05) is 6.54 Å². The molecule has 78 valence electrons. The first-order chi connectivity index (χ1) is 7.34. The Balaban J connectivity index is 2.11. The van der Waals surface area contributed by atoms with Crippen molar-refractivity contribution in [1.29, 1.82) is 0 Å². The normalized spacial score (nSPS) is 19.0. The summed E-state index contributed by atoms with van der Waals surface area (Å²) in [5.74, 6) is 0. The van der Waals surface area contributed by atoms with E-state index in [1.54, 1.807) is 6.20 Å². The molecule has 1 aliphatic rings. The van der Waals surface area contributed by atoms with Crippen molar-refractivity contribution in [2.24, 2.45) is 5.73 Å². The molecule has 2 heterocycles. The standard InChI is InChI=1S/C11H14N4/c12-8-11(3-1-4-11)9-7-10-13-5-2-6-15(10)14-9/h2,5-7H,1,3-4,8,12H2. The van der Waals surface area contributed by atoms with Gasteiger partial charge in [0, 0.05) is 30.4 Å². The van der Waals surface area contributed by atoms with Crippen LogP contribution in [0.25, 0.3) is 5.65 Å². The van der Waals surface area contributed by atoms with Crippen molar-refractivity contribution in [3.8, 4) is 0 Å². The molecular weight excluding hydrogens is 188 g/mol. The average Bonchev–Trinajstić information content (AvgIpc) is 2.60. The molecule has 1 fully saturated rings. The first-order valence-electron chi connectivity index (χ1n) is 5.35. The van der Waals surface area contributed by atoms with Crippen LogP contribution in [0.5, 0.6) is 0 Å². The Morgan fingerprint density at radius 2 is 2.33 bits per heavy atom. The van der Waals surface area contributed by atoms with Crippen LogP contribution in [-0.4, -0.2) is 21.1 Å². The minimum Gasteiger partial charge on any atom is -0.330 e. The Labute approximate surface area is 88.1 Å². The summed E-state index contributed by atoms with van der Waals surface area (Å²) >= 11 is 0. The lowest BCUT2D eigenvalue weighted by molar-refractivity contribution is 0.245. The van der Waals surface area contributed by atoms with Gasteiger partial charge in [0.15, 0.2) is 5.65 Å². The van der Waals surface area contributed by atoms with E-state index < -0.39 is 0 Å². The summed E-state index contributed by atoms with van der Waals surface area (Å²) in [4.78, 5) is 4.27. The van der Waals surface area contributed by atoms with Crippen molar-refractivity contribution in [3.63, 3.8) is 0 Å². The quantitative estimate of drug-likeness (QED) is 0.793. The Morgan fingerprint density at radius 1 is 1.47 bits per heavy atom. The van der Waals surface area contributed by atoms with Crippen LogP contribution in [0, 0.1) is 0 Å².